The van der Waals surface area contributed by atoms with Gasteiger partial charge in [0.05, 0.1) is 12.6 Å². The first kappa shape index (κ1) is 16.6. The molecule has 128 valence electrons. The summed E-state index contributed by atoms with van der Waals surface area (Å²) in [6.07, 6.45) is 0.812. The quantitative estimate of drug-likeness (QED) is 0.816. The minimum atomic E-state index is -0.135. The molecule has 0 N–H and O–H groups in total. The second-order valence-corrected chi connectivity index (χ2v) is 6.38. The number of para-hydroxylation sites is 1. The molecule has 6 nitrogen and oxygen atoms in total. The first-order chi connectivity index (χ1) is 11.6. The SMILES string of the molecule is CCN(Cc1nnc(C(C)C)o1)[C@H]1CCN(c2ccccc2)C1=O. The number of hydrogen-bond acceptors (Lipinski definition) is 5. The zero-order valence-corrected chi connectivity index (χ0v) is 14.5. The summed E-state index contributed by atoms with van der Waals surface area (Å²) >= 11 is 0. The second-order valence-electron chi connectivity index (χ2n) is 6.38. The summed E-state index contributed by atoms with van der Waals surface area (Å²) in [5, 5.41) is 8.19. The van der Waals surface area contributed by atoms with Gasteiger partial charge in [0.25, 0.3) is 0 Å². The maximum Gasteiger partial charge on any atom is 0.244 e. The lowest BCUT2D eigenvalue weighted by molar-refractivity contribution is -0.121. The third-order valence-electron chi connectivity index (χ3n) is 4.41. The molecule has 0 unspecified atom stereocenters. The summed E-state index contributed by atoms with van der Waals surface area (Å²) in [6, 6.07) is 9.69. The Hall–Kier alpha value is -2.21. The van der Waals surface area contributed by atoms with Gasteiger partial charge in [-0.05, 0) is 25.1 Å². The van der Waals surface area contributed by atoms with Gasteiger partial charge in [-0.2, -0.15) is 0 Å². The molecule has 0 radical (unpaired) electrons. The van der Waals surface area contributed by atoms with Crippen LogP contribution in [0.25, 0.3) is 0 Å². The van der Waals surface area contributed by atoms with Gasteiger partial charge in [-0.1, -0.05) is 39.0 Å². The number of nitrogens with zero attached hydrogens (tertiary/aromatic N) is 4. The van der Waals surface area contributed by atoms with Gasteiger partial charge in [-0.3, -0.25) is 9.69 Å². The van der Waals surface area contributed by atoms with Crippen molar-refractivity contribution in [3.63, 3.8) is 0 Å². The van der Waals surface area contributed by atoms with E-state index in [0.29, 0.717) is 18.3 Å². The second kappa shape index (κ2) is 7.13. The summed E-state index contributed by atoms with van der Waals surface area (Å²) in [5.41, 5.74) is 0.959. The monoisotopic (exact) mass is 328 g/mol. The fraction of sp³-hybridized carbons (Fsp3) is 0.500. The van der Waals surface area contributed by atoms with Crippen LogP contribution in [-0.2, 0) is 11.3 Å². The molecule has 0 aliphatic carbocycles. The highest BCUT2D eigenvalue weighted by Gasteiger charge is 2.36. The molecule has 2 aromatic rings. The molecule has 1 saturated heterocycles. The van der Waals surface area contributed by atoms with Crippen LogP contribution in [0.15, 0.2) is 34.7 Å². The van der Waals surface area contributed by atoms with Crippen LogP contribution in [0.5, 0.6) is 0 Å². The maximum absolute atomic E-state index is 12.8. The van der Waals surface area contributed by atoms with E-state index in [1.807, 2.05) is 49.1 Å². The molecule has 0 saturated carbocycles. The van der Waals surface area contributed by atoms with E-state index in [1.54, 1.807) is 0 Å². The highest BCUT2D eigenvalue weighted by atomic mass is 16.4. The van der Waals surface area contributed by atoms with Crippen molar-refractivity contribution in [2.24, 2.45) is 0 Å². The summed E-state index contributed by atoms with van der Waals surface area (Å²) in [5.74, 6) is 1.57. The van der Waals surface area contributed by atoms with Crippen LogP contribution in [0.4, 0.5) is 5.69 Å². The molecule has 1 aliphatic heterocycles. The summed E-state index contributed by atoms with van der Waals surface area (Å²) < 4.78 is 5.69. The van der Waals surface area contributed by atoms with Gasteiger partial charge in [0.1, 0.15) is 0 Å². The molecule has 6 heteroatoms. The predicted octanol–water partition coefficient (Wildman–Crippen LogP) is 2.82. The van der Waals surface area contributed by atoms with E-state index in [1.165, 1.54) is 0 Å². The van der Waals surface area contributed by atoms with Crippen LogP contribution in [-0.4, -0.2) is 40.1 Å². The van der Waals surface area contributed by atoms with Crippen molar-refractivity contribution in [1.82, 2.24) is 15.1 Å². The molecule has 24 heavy (non-hydrogen) atoms. The third kappa shape index (κ3) is 3.33. The minimum Gasteiger partial charge on any atom is -0.424 e. The Morgan fingerprint density at radius 3 is 2.67 bits per heavy atom. The largest absolute Gasteiger partial charge is 0.424 e. The Bertz CT molecular complexity index is 683. The van der Waals surface area contributed by atoms with Gasteiger partial charge in [0.15, 0.2) is 0 Å². The highest BCUT2D eigenvalue weighted by molar-refractivity contribution is 5.99. The zero-order chi connectivity index (χ0) is 17.1. The molecule has 1 aliphatic rings. The van der Waals surface area contributed by atoms with Gasteiger partial charge in [0, 0.05) is 18.2 Å². The van der Waals surface area contributed by atoms with Gasteiger partial charge in [0.2, 0.25) is 17.7 Å². The van der Waals surface area contributed by atoms with Crippen LogP contribution < -0.4 is 4.90 Å². The van der Waals surface area contributed by atoms with E-state index >= 15 is 0 Å². The van der Waals surface area contributed by atoms with Crippen molar-refractivity contribution in [2.45, 2.75) is 45.7 Å². The Morgan fingerprint density at radius 1 is 1.29 bits per heavy atom. The molecule has 0 bridgehead atoms. The van der Waals surface area contributed by atoms with Crippen LogP contribution in [0.2, 0.25) is 0 Å². The van der Waals surface area contributed by atoms with E-state index < -0.39 is 0 Å². The normalized spacial score (nSPS) is 18.1. The van der Waals surface area contributed by atoms with Crippen molar-refractivity contribution < 1.29 is 9.21 Å². The van der Waals surface area contributed by atoms with Crippen molar-refractivity contribution in [3.8, 4) is 0 Å². The fourth-order valence-electron chi connectivity index (χ4n) is 3.05. The summed E-state index contributed by atoms with van der Waals surface area (Å²) in [4.78, 5) is 16.8. The smallest absolute Gasteiger partial charge is 0.244 e. The Labute approximate surface area is 142 Å². The van der Waals surface area contributed by atoms with Crippen molar-refractivity contribution in [3.05, 3.63) is 42.1 Å². The molecule has 1 fully saturated rings. The predicted molar refractivity (Wildman–Crippen MR) is 91.7 cm³/mol. The van der Waals surface area contributed by atoms with E-state index in [9.17, 15) is 4.79 Å². The number of aromatic nitrogens is 2. The van der Waals surface area contributed by atoms with Gasteiger partial charge in [-0.25, -0.2) is 0 Å². The Kier molecular flexibility index (Phi) is 4.94. The number of amides is 1. The molecule has 3 rings (SSSR count). The molecule has 1 aromatic carbocycles. The lowest BCUT2D eigenvalue weighted by Gasteiger charge is -2.25. The molecular weight excluding hydrogens is 304 g/mol. The average molecular weight is 328 g/mol. The Morgan fingerprint density at radius 2 is 2.04 bits per heavy atom. The summed E-state index contributed by atoms with van der Waals surface area (Å²) in [7, 11) is 0. The van der Waals surface area contributed by atoms with E-state index in [2.05, 4.69) is 22.0 Å². The van der Waals surface area contributed by atoms with Crippen molar-refractivity contribution >= 4 is 11.6 Å². The first-order valence-electron chi connectivity index (χ1n) is 8.53. The lowest BCUT2D eigenvalue weighted by atomic mass is 10.2. The van der Waals surface area contributed by atoms with Gasteiger partial charge >= 0.3 is 0 Å². The number of hydrogen-bond donors (Lipinski definition) is 0. The number of anilines is 1. The number of benzene rings is 1. The molecular formula is C18H24N4O2. The standard InChI is InChI=1S/C18H24N4O2/c1-4-21(12-16-19-20-17(24-16)13(2)3)15-10-11-22(18(15)23)14-8-6-5-7-9-14/h5-9,13,15H,4,10-12H2,1-3H3/t15-/m0/s1. The molecule has 2 heterocycles. The van der Waals surface area contributed by atoms with Crippen LogP contribution in [0.1, 0.15) is 44.9 Å². The molecule has 1 amide bonds. The zero-order valence-electron chi connectivity index (χ0n) is 14.5. The van der Waals surface area contributed by atoms with E-state index in [0.717, 1.165) is 25.2 Å². The third-order valence-corrected chi connectivity index (χ3v) is 4.41. The fourth-order valence-corrected chi connectivity index (χ4v) is 3.05. The van der Waals surface area contributed by atoms with E-state index in [4.69, 9.17) is 4.42 Å². The van der Waals surface area contributed by atoms with Crippen molar-refractivity contribution in [1.29, 1.82) is 0 Å². The number of carbonyl (C=O) groups excluding carboxylic acids is 1. The average Bonchev–Trinajstić information content (AvgIpc) is 3.20. The van der Waals surface area contributed by atoms with Crippen LogP contribution >= 0.6 is 0 Å². The lowest BCUT2D eigenvalue weighted by Crippen LogP contribution is -2.41. The highest BCUT2D eigenvalue weighted by Crippen LogP contribution is 2.25. The maximum atomic E-state index is 12.8. The van der Waals surface area contributed by atoms with Crippen LogP contribution in [0.3, 0.4) is 0 Å². The topological polar surface area (TPSA) is 62.5 Å². The Balaban J connectivity index is 1.70. The first-order valence-corrected chi connectivity index (χ1v) is 8.53. The van der Waals surface area contributed by atoms with Gasteiger partial charge < -0.3 is 9.32 Å². The van der Waals surface area contributed by atoms with Crippen molar-refractivity contribution in [2.75, 3.05) is 18.0 Å². The minimum absolute atomic E-state index is 0.135. The van der Waals surface area contributed by atoms with Gasteiger partial charge in [-0.15, -0.1) is 10.2 Å². The number of rotatable bonds is 6. The number of likely N-dealkylation sites (N-methyl/N-ethyl adjacent to an activating group) is 1. The molecule has 1 aromatic heterocycles. The summed E-state index contributed by atoms with van der Waals surface area (Å²) in [6.45, 7) is 8.11. The van der Waals surface area contributed by atoms with E-state index in [-0.39, 0.29) is 17.9 Å². The molecule has 1 atom stereocenters. The molecule has 0 spiro atoms. The number of carbonyl (C=O) groups is 1. The van der Waals surface area contributed by atoms with Crippen LogP contribution in [0, 0.1) is 0 Å².